The normalized spacial score (nSPS) is 17.4. The molecular formula is C31H34ClN3O5S. The number of hydrogen-bond donors (Lipinski definition) is 3. The van der Waals surface area contributed by atoms with Gasteiger partial charge in [0.15, 0.2) is 6.10 Å². The molecule has 3 aromatic rings. The Morgan fingerprint density at radius 2 is 1.71 bits per heavy atom. The maximum Gasteiger partial charge on any atom is 0.412 e. The van der Waals surface area contributed by atoms with E-state index in [1.54, 1.807) is 24.3 Å². The van der Waals surface area contributed by atoms with Crippen LogP contribution in [0.1, 0.15) is 30.5 Å². The summed E-state index contributed by atoms with van der Waals surface area (Å²) >= 11 is 7.37. The van der Waals surface area contributed by atoms with Crippen molar-refractivity contribution in [3.05, 3.63) is 101 Å². The van der Waals surface area contributed by atoms with E-state index in [0.717, 1.165) is 16.7 Å². The molecule has 0 aliphatic carbocycles. The number of carbonyl (C=O) groups excluding carboxylic acids is 3. The molecule has 10 heteroatoms. The average Bonchev–Trinajstić information content (AvgIpc) is 3.27. The van der Waals surface area contributed by atoms with Crippen LogP contribution in [0.15, 0.2) is 78.9 Å². The third kappa shape index (κ3) is 7.81. The van der Waals surface area contributed by atoms with Gasteiger partial charge in [-0.25, -0.2) is 4.79 Å². The van der Waals surface area contributed by atoms with Crippen molar-refractivity contribution in [2.45, 2.75) is 56.7 Å². The van der Waals surface area contributed by atoms with E-state index in [-0.39, 0.29) is 24.0 Å². The second-order valence-corrected chi connectivity index (χ2v) is 12.5. The number of thioether (sulfide) groups is 1. The lowest BCUT2D eigenvalue weighted by Gasteiger charge is -2.33. The third-order valence-electron chi connectivity index (χ3n) is 7.05. The van der Waals surface area contributed by atoms with Gasteiger partial charge >= 0.3 is 6.09 Å². The van der Waals surface area contributed by atoms with Crippen LogP contribution in [0.3, 0.4) is 0 Å². The summed E-state index contributed by atoms with van der Waals surface area (Å²) in [5.74, 6) is -0.474. The lowest BCUT2D eigenvalue weighted by Crippen LogP contribution is -2.58. The van der Waals surface area contributed by atoms with Crippen molar-refractivity contribution in [2.75, 3.05) is 5.88 Å². The number of halogens is 1. The molecule has 1 saturated heterocycles. The van der Waals surface area contributed by atoms with Gasteiger partial charge in [0, 0.05) is 16.3 Å². The Balaban J connectivity index is 1.50. The molecule has 216 valence electrons. The number of aryl methyl sites for hydroxylation is 1. The SMILES string of the molecule is Cc1ccccc1CNC(=O)C1N(C(=O)C(O)C(Cc2ccccc2)NC(=O)Oc2ccc(Cl)cc2)CSC1(C)C. The van der Waals surface area contributed by atoms with E-state index in [1.807, 2.05) is 75.4 Å². The van der Waals surface area contributed by atoms with Crippen LogP contribution >= 0.6 is 23.4 Å². The predicted molar refractivity (Wildman–Crippen MR) is 161 cm³/mol. The number of hydrogen-bond acceptors (Lipinski definition) is 6. The Bertz CT molecular complexity index is 1370. The van der Waals surface area contributed by atoms with Crippen LogP contribution in [-0.4, -0.2) is 56.7 Å². The summed E-state index contributed by atoms with van der Waals surface area (Å²) in [4.78, 5) is 41.4. The van der Waals surface area contributed by atoms with Gasteiger partial charge in [0.25, 0.3) is 5.91 Å². The molecule has 1 aliphatic rings. The molecule has 0 saturated carbocycles. The molecule has 0 aromatic heterocycles. The minimum atomic E-state index is -1.63. The third-order valence-corrected chi connectivity index (χ3v) is 8.68. The highest BCUT2D eigenvalue weighted by atomic mass is 35.5. The van der Waals surface area contributed by atoms with Crippen LogP contribution in [0.4, 0.5) is 4.79 Å². The van der Waals surface area contributed by atoms with Gasteiger partial charge in [0.05, 0.1) is 11.9 Å². The summed E-state index contributed by atoms with van der Waals surface area (Å²) in [6.07, 6.45) is -2.30. The number of aliphatic hydroxyl groups excluding tert-OH is 1. The number of nitrogens with one attached hydrogen (secondary N) is 2. The van der Waals surface area contributed by atoms with Gasteiger partial charge in [0.2, 0.25) is 5.91 Å². The quantitative estimate of drug-likeness (QED) is 0.331. The highest BCUT2D eigenvalue weighted by molar-refractivity contribution is 8.00. The van der Waals surface area contributed by atoms with Crippen LogP contribution in [-0.2, 0) is 22.6 Å². The lowest BCUT2D eigenvalue weighted by molar-refractivity contribution is -0.147. The zero-order chi connectivity index (χ0) is 29.6. The van der Waals surface area contributed by atoms with Gasteiger partial charge in [-0.05, 0) is 68.1 Å². The van der Waals surface area contributed by atoms with Gasteiger partial charge in [-0.15, -0.1) is 11.8 Å². The fourth-order valence-corrected chi connectivity index (χ4v) is 6.01. The zero-order valence-corrected chi connectivity index (χ0v) is 24.7. The summed E-state index contributed by atoms with van der Waals surface area (Å²) in [5.41, 5.74) is 2.84. The largest absolute Gasteiger partial charge is 0.412 e. The summed E-state index contributed by atoms with van der Waals surface area (Å²) in [5, 5.41) is 17.5. The van der Waals surface area contributed by atoms with Crippen molar-refractivity contribution in [3.63, 3.8) is 0 Å². The van der Waals surface area contributed by atoms with Crippen LogP contribution in [0.2, 0.25) is 5.02 Å². The molecule has 3 amide bonds. The van der Waals surface area contributed by atoms with Crippen molar-refractivity contribution in [1.82, 2.24) is 15.5 Å². The van der Waals surface area contributed by atoms with Crippen molar-refractivity contribution in [1.29, 1.82) is 0 Å². The smallest absolute Gasteiger partial charge is 0.410 e. The molecule has 3 unspecified atom stereocenters. The maximum absolute atomic E-state index is 13.8. The van der Waals surface area contributed by atoms with Crippen LogP contribution in [0.25, 0.3) is 0 Å². The Labute approximate surface area is 249 Å². The topological polar surface area (TPSA) is 108 Å². The molecule has 3 atom stereocenters. The van der Waals surface area contributed by atoms with Gasteiger partial charge < -0.3 is 25.4 Å². The fraction of sp³-hybridized carbons (Fsp3) is 0.323. The van der Waals surface area contributed by atoms with Crippen molar-refractivity contribution in [3.8, 4) is 5.75 Å². The molecule has 1 fully saturated rings. The second kappa shape index (κ2) is 13.4. The second-order valence-electron chi connectivity index (χ2n) is 10.5. The first-order chi connectivity index (χ1) is 19.5. The van der Waals surface area contributed by atoms with Crippen LogP contribution < -0.4 is 15.4 Å². The van der Waals surface area contributed by atoms with E-state index < -0.39 is 34.9 Å². The predicted octanol–water partition coefficient (Wildman–Crippen LogP) is 4.71. The Kier molecular flexibility index (Phi) is 9.96. The first kappa shape index (κ1) is 30.4. The molecule has 0 radical (unpaired) electrons. The van der Waals surface area contributed by atoms with E-state index >= 15 is 0 Å². The highest BCUT2D eigenvalue weighted by Gasteiger charge is 2.49. The van der Waals surface area contributed by atoms with Gasteiger partial charge in [-0.1, -0.05) is 66.2 Å². The zero-order valence-electron chi connectivity index (χ0n) is 23.2. The highest BCUT2D eigenvalue weighted by Crippen LogP contribution is 2.40. The monoisotopic (exact) mass is 595 g/mol. The van der Waals surface area contributed by atoms with Gasteiger partial charge in [0.1, 0.15) is 11.8 Å². The standard InChI is InChI=1S/C31H34ClN3O5S/c1-20-9-7-8-12-22(20)18-33-28(37)27-31(2,3)41-19-35(27)29(38)26(36)25(17-21-10-5-4-6-11-21)34-30(39)40-24-15-13-23(32)14-16-24/h4-16,25-27,36H,17-19H2,1-3H3,(H,33,37)(H,34,39). The molecule has 3 N–H and O–H groups in total. The minimum absolute atomic E-state index is 0.165. The van der Waals surface area contributed by atoms with E-state index in [9.17, 15) is 19.5 Å². The molecule has 1 aliphatic heterocycles. The molecule has 8 nitrogen and oxygen atoms in total. The Morgan fingerprint density at radius 3 is 2.39 bits per heavy atom. The van der Waals surface area contributed by atoms with Crippen molar-refractivity contribution in [2.24, 2.45) is 0 Å². The molecule has 0 bridgehead atoms. The molecular weight excluding hydrogens is 562 g/mol. The number of carbonyl (C=O) groups is 3. The summed E-state index contributed by atoms with van der Waals surface area (Å²) in [6, 6.07) is 21.4. The van der Waals surface area contributed by atoms with Crippen molar-refractivity contribution >= 4 is 41.3 Å². The molecule has 3 aromatic carbocycles. The van der Waals surface area contributed by atoms with Gasteiger partial charge in [-0.3, -0.25) is 9.59 Å². The van der Waals surface area contributed by atoms with Crippen LogP contribution in [0.5, 0.6) is 5.75 Å². The summed E-state index contributed by atoms with van der Waals surface area (Å²) in [6.45, 7) is 6.10. The molecule has 41 heavy (non-hydrogen) atoms. The van der Waals surface area contributed by atoms with E-state index in [0.29, 0.717) is 11.6 Å². The number of amides is 3. The van der Waals surface area contributed by atoms with E-state index in [2.05, 4.69) is 10.6 Å². The Hall–Kier alpha value is -3.53. The molecule has 4 rings (SSSR count). The van der Waals surface area contributed by atoms with E-state index in [4.69, 9.17) is 16.3 Å². The maximum atomic E-state index is 13.8. The minimum Gasteiger partial charge on any atom is -0.410 e. The Morgan fingerprint density at radius 1 is 1.05 bits per heavy atom. The lowest BCUT2D eigenvalue weighted by atomic mass is 9.97. The number of rotatable bonds is 9. The summed E-state index contributed by atoms with van der Waals surface area (Å²) in [7, 11) is 0. The molecule has 1 heterocycles. The fourth-order valence-electron chi connectivity index (χ4n) is 4.74. The molecule has 0 spiro atoms. The average molecular weight is 596 g/mol. The van der Waals surface area contributed by atoms with Crippen LogP contribution in [0, 0.1) is 6.92 Å². The summed E-state index contributed by atoms with van der Waals surface area (Å²) < 4.78 is 4.76. The number of aliphatic hydroxyl groups is 1. The number of ether oxygens (including phenoxy) is 1. The number of nitrogens with zero attached hydrogens (tertiary/aromatic N) is 1. The van der Waals surface area contributed by atoms with Crippen molar-refractivity contribution < 1.29 is 24.2 Å². The number of benzene rings is 3. The first-order valence-electron chi connectivity index (χ1n) is 13.3. The first-order valence-corrected chi connectivity index (χ1v) is 14.6. The van der Waals surface area contributed by atoms with E-state index in [1.165, 1.54) is 16.7 Å². The van der Waals surface area contributed by atoms with Gasteiger partial charge in [-0.2, -0.15) is 0 Å².